The Morgan fingerprint density at radius 1 is 1.32 bits per heavy atom. The van der Waals surface area contributed by atoms with Crippen molar-refractivity contribution in [3.05, 3.63) is 18.3 Å². The number of carbonyl (C=O) groups excluding carboxylic acids is 1. The van der Waals surface area contributed by atoms with E-state index in [0.717, 1.165) is 44.7 Å². The number of rotatable bonds is 3. The van der Waals surface area contributed by atoms with E-state index in [4.69, 9.17) is 0 Å². The van der Waals surface area contributed by atoms with Gasteiger partial charge in [-0.3, -0.25) is 4.79 Å². The number of piperazine rings is 1. The molecular formula is C14H20N4O. The normalized spacial score (nSPS) is 19.9. The van der Waals surface area contributed by atoms with Crippen molar-refractivity contribution < 1.29 is 4.79 Å². The Morgan fingerprint density at radius 3 is 2.68 bits per heavy atom. The summed E-state index contributed by atoms with van der Waals surface area (Å²) >= 11 is 0. The van der Waals surface area contributed by atoms with Crippen LogP contribution in [0.15, 0.2) is 18.3 Å². The van der Waals surface area contributed by atoms with Crippen LogP contribution in [-0.2, 0) is 4.79 Å². The lowest BCUT2D eigenvalue weighted by Gasteiger charge is -2.29. The number of hydrogen-bond acceptors (Lipinski definition) is 4. The maximum Gasteiger partial charge on any atom is 0.228 e. The van der Waals surface area contributed by atoms with Gasteiger partial charge in [0.2, 0.25) is 5.91 Å². The molecule has 2 N–H and O–H groups in total. The number of nitrogens with one attached hydrogen (secondary N) is 2. The fraction of sp³-hybridized carbons (Fsp3) is 0.571. The maximum absolute atomic E-state index is 11.8. The summed E-state index contributed by atoms with van der Waals surface area (Å²) in [7, 11) is 0. The summed E-state index contributed by atoms with van der Waals surface area (Å²) in [5, 5.41) is 6.22. The number of amides is 1. The van der Waals surface area contributed by atoms with Crippen molar-refractivity contribution in [3.63, 3.8) is 0 Å². The second kappa shape index (κ2) is 5.57. The quantitative estimate of drug-likeness (QED) is 0.858. The van der Waals surface area contributed by atoms with Crippen LogP contribution in [0.3, 0.4) is 0 Å². The molecule has 1 aromatic rings. The lowest BCUT2D eigenvalue weighted by molar-refractivity contribution is -0.122. The van der Waals surface area contributed by atoms with Gasteiger partial charge in [-0.1, -0.05) is 6.42 Å². The summed E-state index contributed by atoms with van der Waals surface area (Å²) in [6.45, 7) is 4.05. The summed E-state index contributed by atoms with van der Waals surface area (Å²) in [6, 6.07) is 3.93. The van der Waals surface area contributed by atoms with E-state index in [1.807, 2.05) is 18.3 Å². The first kappa shape index (κ1) is 12.4. The Kier molecular flexibility index (Phi) is 3.64. The molecule has 0 spiro atoms. The topological polar surface area (TPSA) is 57.3 Å². The molecule has 2 fully saturated rings. The zero-order chi connectivity index (χ0) is 13.1. The lowest BCUT2D eigenvalue weighted by atomic mass is 9.85. The van der Waals surface area contributed by atoms with Gasteiger partial charge in [0.1, 0.15) is 5.82 Å². The van der Waals surface area contributed by atoms with Crippen LogP contribution in [0.4, 0.5) is 11.5 Å². The summed E-state index contributed by atoms with van der Waals surface area (Å²) in [5.74, 6) is 0.985. The van der Waals surface area contributed by atoms with Crippen molar-refractivity contribution >= 4 is 17.4 Å². The van der Waals surface area contributed by atoms with Gasteiger partial charge in [-0.2, -0.15) is 0 Å². The van der Waals surface area contributed by atoms with Gasteiger partial charge < -0.3 is 15.5 Å². The third-order valence-corrected chi connectivity index (χ3v) is 3.96. The molecule has 0 radical (unpaired) electrons. The minimum Gasteiger partial charge on any atom is -0.368 e. The highest BCUT2D eigenvalue weighted by atomic mass is 16.2. The monoisotopic (exact) mass is 260 g/mol. The van der Waals surface area contributed by atoms with Crippen LogP contribution in [0.25, 0.3) is 0 Å². The molecule has 3 rings (SSSR count). The average molecular weight is 260 g/mol. The third kappa shape index (κ3) is 2.87. The molecule has 0 bridgehead atoms. The van der Waals surface area contributed by atoms with E-state index in [-0.39, 0.29) is 11.8 Å². The third-order valence-electron chi connectivity index (χ3n) is 3.96. The first-order chi connectivity index (χ1) is 9.33. The zero-order valence-corrected chi connectivity index (χ0v) is 11.1. The molecule has 0 atom stereocenters. The van der Waals surface area contributed by atoms with E-state index in [1.54, 1.807) is 0 Å². The molecular weight excluding hydrogens is 240 g/mol. The summed E-state index contributed by atoms with van der Waals surface area (Å²) in [6.07, 6.45) is 5.06. The largest absolute Gasteiger partial charge is 0.368 e. The summed E-state index contributed by atoms with van der Waals surface area (Å²) in [4.78, 5) is 18.5. The highest BCUT2D eigenvalue weighted by molar-refractivity contribution is 5.92. The molecule has 2 aliphatic rings. The van der Waals surface area contributed by atoms with E-state index in [2.05, 4.69) is 20.5 Å². The maximum atomic E-state index is 11.8. The summed E-state index contributed by atoms with van der Waals surface area (Å²) in [5.41, 5.74) is 1.13. The fourth-order valence-corrected chi connectivity index (χ4v) is 2.47. The Morgan fingerprint density at radius 2 is 2.11 bits per heavy atom. The van der Waals surface area contributed by atoms with Crippen molar-refractivity contribution in [1.82, 2.24) is 10.3 Å². The van der Waals surface area contributed by atoms with Crippen LogP contribution >= 0.6 is 0 Å². The first-order valence-electron chi connectivity index (χ1n) is 7.05. The van der Waals surface area contributed by atoms with E-state index < -0.39 is 0 Å². The molecule has 19 heavy (non-hydrogen) atoms. The van der Waals surface area contributed by atoms with Crippen molar-refractivity contribution in [2.45, 2.75) is 19.3 Å². The van der Waals surface area contributed by atoms with Gasteiger partial charge in [0.15, 0.2) is 0 Å². The van der Waals surface area contributed by atoms with Crippen LogP contribution in [0.5, 0.6) is 0 Å². The zero-order valence-electron chi connectivity index (χ0n) is 11.1. The van der Waals surface area contributed by atoms with Crippen LogP contribution < -0.4 is 15.5 Å². The fourth-order valence-electron chi connectivity index (χ4n) is 2.47. The van der Waals surface area contributed by atoms with Crippen molar-refractivity contribution in [2.75, 3.05) is 36.4 Å². The average Bonchev–Trinajstić information content (AvgIpc) is 2.38. The molecule has 102 valence electrons. The van der Waals surface area contributed by atoms with Gasteiger partial charge in [-0.15, -0.1) is 0 Å². The predicted octanol–water partition coefficient (Wildman–Crippen LogP) is 1.23. The smallest absolute Gasteiger partial charge is 0.228 e. The Hall–Kier alpha value is -1.62. The van der Waals surface area contributed by atoms with E-state index >= 15 is 0 Å². The van der Waals surface area contributed by atoms with Crippen molar-refractivity contribution in [1.29, 1.82) is 0 Å². The van der Waals surface area contributed by atoms with Gasteiger partial charge in [0.05, 0.1) is 11.9 Å². The Labute approximate surface area is 113 Å². The van der Waals surface area contributed by atoms with Crippen molar-refractivity contribution in [3.8, 4) is 0 Å². The van der Waals surface area contributed by atoms with Gasteiger partial charge in [0, 0.05) is 32.1 Å². The standard InChI is InChI=1S/C14H20N4O/c19-14(11-2-1-3-11)17-13-5-4-12(10-16-13)18-8-6-15-7-9-18/h4-5,10-11,15H,1-3,6-9H2,(H,16,17,19). The number of nitrogens with zero attached hydrogens (tertiary/aromatic N) is 2. The molecule has 2 heterocycles. The van der Waals surface area contributed by atoms with E-state index in [0.29, 0.717) is 5.82 Å². The summed E-state index contributed by atoms with van der Waals surface area (Å²) < 4.78 is 0. The molecule has 1 aromatic heterocycles. The van der Waals surface area contributed by atoms with E-state index in [9.17, 15) is 4.79 Å². The van der Waals surface area contributed by atoms with Gasteiger partial charge in [0.25, 0.3) is 0 Å². The predicted molar refractivity (Wildman–Crippen MR) is 75.3 cm³/mol. The second-order valence-electron chi connectivity index (χ2n) is 5.26. The first-order valence-corrected chi connectivity index (χ1v) is 7.05. The Balaban J connectivity index is 1.59. The Bertz CT molecular complexity index is 435. The number of carbonyl (C=O) groups is 1. The molecule has 0 unspecified atom stereocenters. The molecule has 0 aromatic carbocycles. The lowest BCUT2D eigenvalue weighted by Crippen LogP contribution is -2.43. The van der Waals surface area contributed by atoms with Crippen LogP contribution in [-0.4, -0.2) is 37.1 Å². The number of pyridine rings is 1. The van der Waals surface area contributed by atoms with Gasteiger partial charge in [-0.05, 0) is 25.0 Å². The molecule has 1 saturated heterocycles. The minimum atomic E-state index is 0.119. The number of aromatic nitrogens is 1. The molecule has 1 saturated carbocycles. The van der Waals surface area contributed by atoms with Crippen LogP contribution in [0, 0.1) is 5.92 Å². The highest BCUT2D eigenvalue weighted by Gasteiger charge is 2.25. The molecule has 1 amide bonds. The second-order valence-corrected chi connectivity index (χ2v) is 5.26. The van der Waals surface area contributed by atoms with Crippen molar-refractivity contribution in [2.24, 2.45) is 5.92 Å². The molecule has 5 nitrogen and oxygen atoms in total. The van der Waals surface area contributed by atoms with E-state index in [1.165, 1.54) is 6.42 Å². The van der Waals surface area contributed by atoms with Gasteiger partial charge in [-0.25, -0.2) is 4.98 Å². The van der Waals surface area contributed by atoms with Crippen LogP contribution in [0.1, 0.15) is 19.3 Å². The molecule has 5 heteroatoms. The number of anilines is 2. The van der Waals surface area contributed by atoms with Crippen LogP contribution in [0.2, 0.25) is 0 Å². The SMILES string of the molecule is O=C(Nc1ccc(N2CCNCC2)cn1)C1CCC1. The van der Waals surface area contributed by atoms with Gasteiger partial charge >= 0.3 is 0 Å². The highest BCUT2D eigenvalue weighted by Crippen LogP contribution is 2.27. The molecule has 1 aliphatic carbocycles. The number of hydrogen-bond donors (Lipinski definition) is 2. The minimum absolute atomic E-state index is 0.119. The molecule has 1 aliphatic heterocycles.